The van der Waals surface area contributed by atoms with Crippen molar-refractivity contribution in [3.8, 4) is 5.75 Å². The molecule has 0 aliphatic carbocycles. The van der Waals surface area contributed by atoms with Gasteiger partial charge >= 0.3 is 0 Å². The van der Waals surface area contributed by atoms with Crippen molar-refractivity contribution in [3.63, 3.8) is 0 Å². The van der Waals surface area contributed by atoms with Gasteiger partial charge in [0.2, 0.25) is 15.9 Å². The predicted molar refractivity (Wildman–Crippen MR) is 92.0 cm³/mol. The maximum Gasteiger partial charge on any atom is 0.248 e. The van der Waals surface area contributed by atoms with Crippen molar-refractivity contribution in [2.75, 3.05) is 14.2 Å². The molecule has 0 saturated carbocycles. The molecule has 0 heterocycles. The lowest BCUT2D eigenvalue weighted by molar-refractivity contribution is 0.1000. The normalized spacial score (nSPS) is 11.5. The van der Waals surface area contributed by atoms with Gasteiger partial charge in [-0.3, -0.25) is 4.79 Å². The van der Waals surface area contributed by atoms with Gasteiger partial charge in [-0.2, -0.15) is 0 Å². The highest BCUT2D eigenvalue weighted by Gasteiger charge is 2.19. The van der Waals surface area contributed by atoms with Gasteiger partial charge in [-0.1, -0.05) is 24.3 Å². The van der Waals surface area contributed by atoms with Gasteiger partial charge in [-0.25, -0.2) is 12.7 Å². The van der Waals surface area contributed by atoms with Crippen LogP contribution in [0.15, 0.2) is 48.5 Å². The van der Waals surface area contributed by atoms with E-state index < -0.39 is 15.9 Å². The summed E-state index contributed by atoms with van der Waals surface area (Å²) in [6, 6.07) is 13.6. The summed E-state index contributed by atoms with van der Waals surface area (Å²) in [6.45, 7) is 0.160. The van der Waals surface area contributed by atoms with E-state index in [0.29, 0.717) is 22.4 Å². The third-order valence-corrected chi connectivity index (χ3v) is 5.35. The van der Waals surface area contributed by atoms with Crippen molar-refractivity contribution in [3.05, 3.63) is 65.2 Å². The fraction of sp³-hybridized carbons (Fsp3) is 0.235. The quantitative estimate of drug-likeness (QED) is 0.825. The van der Waals surface area contributed by atoms with Crippen LogP contribution in [0.5, 0.6) is 5.75 Å². The molecule has 2 aromatic carbocycles. The number of nitrogens with zero attached hydrogens (tertiary/aromatic N) is 1. The molecule has 6 nitrogen and oxygen atoms in total. The number of sulfonamides is 1. The molecule has 2 N–H and O–H groups in total. The zero-order valence-corrected chi connectivity index (χ0v) is 14.4. The van der Waals surface area contributed by atoms with Crippen LogP contribution in [0, 0.1) is 0 Å². The number of nitrogens with two attached hydrogens (primary N) is 1. The zero-order chi connectivity index (χ0) is 17.7. The molecule has 24 heavy (non-hydrogen) atoms. The van der Waals surface area contributed by atoms with Gasteiger partial charge < -0.3 is 10.5 Å². The first-order valence-electron chi connectivity index (χ1n) is 7.27. The van der Waals surface area contributed by atoms with E-state index in [4.69, 9.17) is 10.5 Å². The molecule has 2 aromatic rings. The average Bonchev–Trinajstić information content (AvgIpc) is 2.54. The number of benzene rings is 2. The molecule has 0 unspecified atom stereocenters. The molecule has 7 heteroatoms. The van der Waals surface area contributed by atoms with Crippen LogP contribution in [0.1, 0.15) is 21.5 Å². The van der Waals surface area contributed by atoms with E-state index in [-0.39, 0.29) is 12.3 Å². The molecule has 2 rings (SSSR count). The summed E-state index contributed by atoms with van der Waals surface area (Å²) in [5, 5.41) is 0. The number of ether oxygens (including phenoxy) is 1. The molecule has 0 aromatic heterocycles. The third kappa shape index (κ3) is 4.56. The van der Waals surface area contributed by atoms with Crippen LogP contribution >= 0.6 is 0 Å². The number of amides is 1. The van der Waals surface area contributed by atoms with Gasteiger partial charge in [-0.15, -0.1) is 0 Å². The van der Waals surface area contributed by atoms with Crippen LogP contribution in [0.4, 0.5) is 0 Å². The second kappa shape index (κ2) is 7.46. The summed E-state index contributed by atoms with van der Waals surface area (Å²) in [6.07, 6.45) is 0. The molecular weight excluding hydrogens is 328 g/mol. The minimum Gasteiger partial charge on any atom is -0.497 e. The summed E-state index contributed by atoms with van der Waals surface area (Å²) in [5.74, 6) is -0.0609. The number of carbonyl (C=O) groups is 1. The highest BCUT2D eigenvalue weighted by atomic mass is 32.2. The maximum atomic E-state index is 12.5. The summed E-state index contributed by atoms with van der Waals surface area (Å²) >= 11 is 0. The molecule has 0 bridgehead atoms. The van der Waals surface area contributed by atoms with E-state index in [1.807, 2.05) is 0 Å². The Hall–Kier alpha value is -2.38. The standard InChI is InChI=1S/C17H20N2O4S/c1-19(11-13-5-3-7-15(9-13)17(18)20)24(21,22)12-14-6-4-8-16(10-14)23-2/h3-10H,11-12H2,1-2H3,(H2,18,20). The van der Waals surface area contributed by atoms with Crippen molar-refractivity contribution in [1.82, 2.24) is 4.31 Å². The smallest absolute Gasteiger partial charge is 0.248 e. The van der Waals surface area contributed by atoms with E-state index in [1.165, 1.54) is 18.5 Å². The largest absolute Gasteiger partial charge is 0.497 e. The fourth-order valence-electron chi connectivity index (χ4n) is 2.26. The molecule has 0 fully saturated rings. The number of primary amides is 1. The van der Waals surface area contributed by atoms with Gasteiger partial charge in [0.05, 0.1) is 12.9 Å². The molecule has 0 radical (unpaired) electrons. The van der Waals surface area contributed by atoms with Crippen molar-refractivity contribution in [1.29, 1.82) is 0 Å². The van der Waals surface area contributed by atoms with Gasteiger partial charge in [0, 0.05) is 19.2 Å². The van der Waals surface area contributed by atoms with E-state index >= 15 is 0 Å². The Balaban J connectivity index is 2.13. The Bertz CT molecular complexity index is 834. The first-order valence-corrected chi connectivity index (χ1v) is 8.88. The minimum atomic E-state index is -3.51. The van der Waals surface area contributed by atoms with Crippen LogP contribution in [-0.4, -0.2) is 32.8 Å². The van der Waals surface area contributed by atoms with Gasteiger partial charge in [0.25, 0.3) is 0 Å². The highest BCUT2D eigenvalue weighted by Crippen LogP contribution is 2.17. The first-order chi connectivity index (χ1) is 11.3. The molecule has 128 valence electrons. The summed E-state index contributed by atoms with van der Waals surface area (Å²) in [4.78, 5) is 11.2. The fourth-order valence-corrected chi connectivity index (χ4v) is 3.43. The van der Waals surface area contributed by atoms with Crippen molar-refractivity contribution >= 4 is 15.9 Å². The third-order valence-electron chi connectivity index (χ3n) is 3.57. The topological polar surface area (TPSA) is 89.7 Å². The Labute approximate surface area is 141 Å². The monoisotopic (exact) mass is 348 g/mol. The molecule has 1 amide bonds. The predicted octanol–water partition coefficient (Wildman–Crippen LogP) is 1.76. The van der Waals surface area contributed by atoms with Crippen LogP contribution in [-0.2, 0) is 22.3 Å². The summed E-state index contributed by atoms with van der Waals surface area (Å²) in [5.41, 5.74) is 6.94. The van der Waals surface area contributed by atoms with Crippen LogP contribution in [0.25, 0.3) is 0 Å². The SMILES string of the molecule is COc1cccc(CS(=O)(=O)N(C)Cc2cccc(C(N)=O)c2)c1. The summed E-state index contributed by atoms with van der Waals surface area (Å²) < 4.78 is 31.4. The average molecular weight is 348 g/mol. The zero-order valence-electron chi connectivity index (χ0n) is 13.6. The number of hydrogen-bond acceptors (Lipinski definition) is 4. The van der Waals surface area contributed by atoms with Crippen molar-refractivity contribution in [2.24, 2.45) is 5.73 Å². The number of rotatable bonds is 7. The van der Waals surface area contributed by atoms with Gasteiger partial charge in [0.1, 0.15) is 5.75 Å². The molecule has 0 aliphatic heterocycles. The second-order valence-electron chi connectivity index (χ2n) is 5.43. The van der Waals surface area contributed by atoms with E-state index in [1.54, 1.807) is 48.5 Å². The van der Waals surface area contributed by atoms with Gasteiger partial charge in [0.15, 0.2) is 0 Å². The van der Waals surface area contributed by atoms with Crippen molar-refractivity contribution in [2.45, 2.75) is 12.3 Å². The van der Waals surface area contributed by atoms with Gasteiger partial charge in [-0.05, 0) is 35.4 Å². The Morgan fingerprint density at radius 2 is 1.79 bits per heavy atom. The molecule has 0 atom stereocenters. The van der Waals surface area contributed by atoms with E-state index in [0.717, 1.165) is 0 Å². The maximum absolute atomic E-state index is 12.5. The van der Waals surface area contributed by atoms with Crippen LogP contribution in [0.2, 0.25) is 0 Å². The van der Waals surface area contributed by atoms with Crippen molar-refractivity contribution < 1.29 is 17.9 Å². The highest BCUT2D eigenvalue weighted by molar-refractivity contribution is 7.88. The number of methoxy groups -OCH3 is 1. The Morgan fingerprint density at radius 1 is 1.12 bits per heavy atom. The lowest BCUT2D eigenvalue weighted by atomic mass is 10.1. The molecule has 0 spiro atoms. The van der Waals surface area contributed by atoms with E-state index in [9.17, 15) is 13.2 Å². The first kappa shape index (κ1) is 18.0. The number of hydrogen-bond donors (Lipinski definition) is 1. The second-order valence-corrected chi connectivity index (χ2v) is 7.50. The lowest BCUT2D eigenvalue weighted by Crippen LogP contribution is -2.28. The Kier molecular flexibility index (Phi) is 5.58. The minimum absolute atomic E-state index is 0.129. The number of carbonyl (C=O) groups excluding carboxylic acids is 1. The molecular formula is C17H20N2O4S. The lowest BCUT2D eigenvalue weighted by Gasteiger charge is -2.18. The molecule has 0 saturated heterocycles. The Morgan fingerprint density at radius 3 is 2.46 bits per heavy atom. The molecule has 0 aliphatic rings. The van der Waals surface area contributed by atoms with Crippen LogP contribution < -0.4 is 10.5 Å². The van der Waals surface area contributed by atoms with Crippen LogP contribution in [0.3, 0.4) is 0 Å². The summed E-state index contributed by atoms with van der Waals surface area (Å²) in [7, 11) is -0.468. The van der Waals surface area contributed by atoms with E-state index in [2.05, 4.69) is 0 Å².